The van der Waals surface area contributed by atoms with Gasteiger partial charge in [0, 0.05) is 29.8 Å². The van der Waals surface area contributed by atoms with E-state index in [0.717, 1.165) is 35.7 Å². The van der Waals surface area contributed by atoms with Gasteiger partial charge in [0.15, 0.2) is 0 Å². The Morgan fingerprint density at radius 3 is 2.82 bits per heavy atom. The average Bonchev–Trinajstić information content (AvgIpc) is 3.48. The number of nitrogens with zero attached hydrogens (tertiary/aromatic N) is 5. The van der Waals surface area contributed by atoms with Crippen LogP contribution in [0.5, 0.6) is 5.75 Å². The van der Waals surface area contributed by atoms with Crippen LogP contribution in [-0.2, 0) is 6.42 Å². The number of rotatable bonds is 2. The highest BCUT2D eigenvalue weighted by Crippen LogP contribution is 2.40. The van der Waals surface area contributed by atoms with E-state index in [1.54, 1.807) is 11.0 Å². The van der Waals surface area contributed by atoms with E-state index in [1.807, 2.05) is 31.2 Å². The van der Waals surface area contributed by atoms with Crippen molar-refractivity contribution in [2.24, 2.45) is 0 Å². The fraction of sp³-hybridized carbons (Fsp3) is 0.231. The van der Waals surface area contributed by atoms with Crippen LogP contribution in [0.15, 0.2) is 67.0 Å². The number of benzene rings is 2. The van der Waals surface area contributed by atoms with Gasteiger partial charge in [-0.1, -0.05) is 36.4 Å². The first-order chi connectivity index (χ1) is 16.7. The van der Waals surface area contributed by atoms with Crippen molar-refractivity contribution in [1.29, 1.82) is 0 Å². The fourth-order valence-electron chi connectivity index (χ4n) is 4.61. The van der Waals surface area contributed by atoms with Gasteiger partial charge in [-0.25, -0.2) is 14.6 Å². The molecule has 3 heterocycles. The number of aromatic nitrogens is 5. The van der Waals surface area contributed by atoms with Crippen LogP contribution in [0.1, 0.15) is 35.0 Å². The zero-order chi connectivity index (χ0) is 22.9. The van der Waals surface area contributed by atoms with E-state index < -0.39 is 0 Å². The molecule has 2 N–H and O–H groups in total. The Bertz CT molecular complexity index is 1360. The number of fused-ring (bicyclic) bond motifs is 6. The summed E-state index contributed by atoms with van der Waals surface area (Å²) >= 11 is 0. The zero-order valence-corrected chi connectivity index (χ0v) is 18.9. The van der Waals surface area contributed by atoms with Crippen LogP contribution in [0.25, 0.3) is 5.69 Å². The molecule has 8 heteroatoms. The second-order valence-corrected chi connectivity index (χ2v) is 8.47. The van der Waals surface area contributed by atoms with Crippen molar-refractivity contribution in [1.82, 2.24) is 24.7 Å². The molecule has 1 unspecified atom stereocenters. The smallest absolute Gasteiger partial charge is 0.229 e. The summed E-state index contributed by atoms with van der Waals surface area (Å²) in [5.74, 6) is 3.14. The Balaban J connectivity index is 1.41. The Labute approximate surface area is 197 Å². The van der Waals surface area contributed by atoms with Crippen LogP contribution in [-0.4, -0.2) is 37.9 Å². The van der Waals surface area contributed by atoms with Gasteiger partial charge >= 0.3 is 0 Å². The zero-order valence-electron chi connectivity index (χ0n) is 18.9. The lowest BCUT2D eigenvalue weighted by molar-refractivity contribution is 0.360. The number of anilines is 3. The van der Waals surface area contributed by atoms with Crippen molar-refractivity contribution in [2.75, 3.05) is 23.8 Å². The van der Waals surface area contributed by atoms with Crippen LogP contribution >= 0.6 is 0 Å². The lowest BCUT2D eigenvalue weighted by Crippen LogP contribution is -2.10. The van der Waals surface area contributed by atoms with Gasteiger partial charge in [-0.15, -0.1) is 0 Å². The summed E-state index contributed by atoms with van der Waals surface area (Å²) in [6.07, 6.45) is 7.76. The van der Waals surface area contributed by atoms with Crippen molar-refractivity contribution in [3.63, 3.8) is 0 Å². The van der Waals surface area contributed by atoms with E-state index in [9.17, 15) is 0 Å². The van der Waals surface area contributed by atoms with Gasteiger partial charge in [0.05, 0.1) is 5.69 Å². The van der Waals surface area contributed by atoms with Crippen molar-refractivity contribution >= 4 is 17.5 Å². The van der Waals surface area contributed by atoms with Crippen LogP contribution in [0.4, 0.5) is 17.5 Å². The highest BCUT2D eigenvalue weighted by atomic mass is 16.5. The molecule has 1 atom stereocenters. The lowest BCUT2D eigenvalue weighted by atomic mass is 9.97. The van der Waals surface area contributed by atoms with E-state index in [4.69, 9.17) is 14.7 Å². The molecule has 0 saturated carbocycles. The van der Waals surface area contributed by atoms with Gasteiger partial charge in [0.2, 0.25) is 5.95 Å². The Morgan fingerprint density at radius 2 is 1.97 bits per heavy atom. The molecule has 2 aromatic heterocycles. The van der Waals surface area contributed by atoms with E-state index >= 15 is 0 Å². The SMILES string of the molecule is Cc1ncn(-c2ccc3cc2OC/C=C/CNc2nc(nc4c2CCC4c2ccccc2)N3)n1. The summed E-state index contributed by atoms with van der Waals surface area (Å²) in [7, 11) is 0. The average molecular weight is 452 g/mol. The van der Waals surface area contributed by atoms with E-state index in [0.29, 0.717) is 30.7 Å². The van der Waals surface area contributed by atoms with Crippen molar-refractivity contribution in [3.05, 3.63) is 89.7 Å². The molecule has 1 aliphatic carbocycles. The number of ether oxygens (including phenoxy) is 1. The van der Waals surface area contributed by atoms with Gasteiger partial charge in [0.25, 0.3) is 0 Å². The second-order valence-electron chi connectivity index (χ2n) is 8.47. The summed E-state index contributed by atoms with van der Waals surface area (Å²) in [6, 6.07) is 16.5. The number of hydrogen-bond donors (Lipinski definition) is 2. The topological polar surface area (TPSA) is 89.8 Å². The second kappa shape index (κ2) is 8.62. The van der Waals surface area contributed by atoms with Crippen molar-refractivity contribution in [3.8, 4) is 11.4 Å². The van der Waals surface area contributed by atoms with E-state index in [1.165, 1.54) is 11.1 Å². The molecule has 4 aromatic rings. The molecule has 0 radical (unpaired) electrons. The standard InChI is InChI=1S/C26H25N7O/c1-17-28-16-33(32-17)22-12-9-19-15-23(22)34-14-6-5-13-27-25-21-11-10-20(18-7-3-2-4-8-18)24(21)30-26(29-19)31-25/h2-9,12,15-16,20H,10-11,13-14H2,1H3,(H2,27,29,30,31)/b6-5+. The maximum absolute atomic E-state index is 6.08. The monoisotopic (exact) mass is 451 g/mol. The van der Waals surface area contributed by atoms with Crippen LogP contribution in [0, 0.1) is 6.92 Å². The quantitative estimate of drug-likeness (QED) is 0.432. The summed E-state index contributed by atoms with van der Waals surface area (Å²) in [5.41, 5.74) is 5.26. The van der Waals surface area contributed by atoms with Crippen LogP contribution in [0.3, 0.4) is 0 Å². The molecule has 0 amide bonds. The molecule has 1 aliphatic heterocycles. The number of hydrogen-bond acceptors (Lipinski definition) is 7. The first kappa shape index (κ1) is 20.4. The minimum absolute atomic E-state index is 0.267. The maximum atomic E-state index is 6.08. The highest BCUT2D eigenvalue weighted by molar-refractivity contribution is 5.64. The maximum Gasteiger partial charge on any atom is 0.229 e. The minimum atomic E-state index is 0.267. The molecular weight excluding hydrogens is 426 g/mol. The molecule has 6 rings (SSSR count). The fourth-order valence-corrected chi connectivity index (χ4v) is 4.61. The van der Waals surface area contributed by atoms with E-state index in [2.05, 4.69) is 57.1 Å². The van der Waals surface area contributed by atoms with Gasteiger partial charge in [-0.2, -0.15) is 10.1 Å². The molecular formula is C26H25N7O. The summed E-state index contributed by atoms with van der Waals surface area (Å²) in [5, 5.41) is 11.3. The first-order valence-electron chi connectivity index (χ1n) is 11.5. The Morgan fingerprint density at radius 1 is 1.06 bits per heavy atom. The number of nitrogens with one attached hydrogen (secondary N) is 2. The molecule has 4 bridgehead atoms. The molecule has 0 fully saturated rings. The molecule has 170 valence electrons. The molecule has 2 aliphatic rings. The van der Waals surface area contributed by atoms with E-state index in [-0.39, 0.29) is 5.92 Å². The first-order valence-corrected chi connectivity index (χ1v) is 11.5. The molecule has 0 spiro atoms. The molecule has 8 nitrogen and oxygen atoms in total. The third-order valence-electron chi connectivity index (χ3n) is 6.21. The predicted octanol–water partition coefficient (Wildman–Crippen LogP) is 4.55. The molecule has 34 heavy (non-hydrogen) atoms. The van der Waals surface area contributed by atoms with Crippen molar-refractivity contribution < 1.29 is 4.74 Å². The highest BCUT2D eigenvalue weighted by Gasteiger charge is 2.29. The predicted molar refractivity (Wildman–Crippen MR) is 131 cm³/mol. The Kier molecular flexibility index (Phi) is 5.18. The third kappa shape index (κ3) is 3.87. The van der Waals surface area contributed by atoms with Gasteiger partial charge in [0.1, 0.15) is 36.0 Å². The largest absolute Gasteiger partial charge is 0.487 e. The third-order valence-corrected chi connectivity index (χ3v) is 6.21. The number of aryl methyl sites for hydroxylation is 1. The lowest BCUT2D eigenvalue weighted by Gasteiger charge is -2.16. The normalized spacial score (nSPS) is 17.7. The minimum Gasteiger partial charge on any atom is -0.487 e. The van der Waals surface area contributed by atoms with Gasteiger partial charge in [-0.05, 0) is 43.5 Å². The van der Waals surface area contributed by atoms with Crippen LogP contribution < -0.4 is 15.4 Å². The summed E-state index contributed by atoms with van der Waals surface area (Å²) < 4.78 is 7.81. The summed E-state index contributed by atoms with van der Waals surface area (Å²) in [4.78, 5) is 14.1. The Hall–Kier alpha value is -4.20. The van der Waals surface area contributed by atoms with Crippen LogP contribution in [0.2, 0.25) is 0 Å². The molecule has 2 aromatic carbocycles. The molecule has 0 saturated heterocycles. The van der Waals surface area contributed by atoms with Gasteiger partial charge < -0.3 is 15.4 Å². The summed E-state index contributed by atoms with van der Waals surface area (Å²) in [6.45, 7) is 2.97. The van der Waals surface area contributed by atoms with Crippen molar-refractivity contribution in [2.45, 2.75) is 25.7 Å². The van der Waals surface area contributed by atoms with Gasteiger partial charge in [-0.3, -0.25) is 0 Å².